The molecular weight excluding hydrogens is 269 g/mol. The summed E-state index contributed by atoms with van der Waals surface area (Å²) >= 11 is 0. The molecule has 3 rings (SSSR count). The number of hydrogen-bond donors (Lipinski definition) is 1. The van der Waals surface area contributed by atoms with E-state index >= 15 is 0 Å². The number of nitrogens with zero attached hydrogens (tertiary/aromatic N) is 2. The molecular formula is C16H24FN3O. The molecule has 0 aromatic heterocycles. The molecule has 0 radical (unpaired) electrons. The molecule has 2 aliphatic heterocycles. The Hall–Kier alpha value is -1.17. The molecule has 21 heavy (non-hydrogen) atoms. The monoisotopic (exact) mass is 293 g/mol. The Balaban J connectivity index is 1.34. The highest BCUT2D eigenvalue weighted by Crippen LogP contribution is 2.13. The van der Waals surface area contributed by atoms with Crippen LogP contribution < -0.4 is 10.1 Å². The number of ether oxygens (including phenoxy) is 1. The lowest BCUT2D eigenvalue weighted by atomic mass is 10.2. The topological polar surface area (TPSA) is 27.7 Å². The van der Waals surface area contributed by atoms with Gasteiger partial charge < -0.3 is 10.1 Å². The second-order valence-electron chi connectivity index (χ2n) is 5.83. The van der Waals surface area contributed by atoms with E-state index in [0.717, 1.165) is 57.6 Å². The SMILES string of the molecule is Fc1ccc(OCCN2CCN(C3CCNC3)CC2)cc1. The van der Waals surface area contributed by atoms with Gasteiger partial charge in [0.15, 0.2) is 0 Å². The van der Waals surface area contributed by atoms with Crippen LogP contribution >= 0.6 is 0 Å². The van der Waals surface area contributed by atoms with Crippen molar-refractivity contribution < 1.29 is 9.13 Å². The molecule has 2 aliphatic rings. The van der Waals surface area contributed by atoms with Crippen molar-refractivity contribution in [1.82, 2.24) is 15.1 Å². The van der Waals surface area contributed by atoms with E-state index in [1.807, 2.05) is 0 Å². The molecule has 0 amide bonds. The van der Waals surface area contributed by atoms with Gasteiger partial charge in [-0.15, -0.1) is 0 Å². The second kappa shape index (κ2) is 7.20. The minimum atomic E-state index is -0.222. The van der Waals surface area contributed by atoms with Crippen LogP contribution in [0.3, 0.4) is 0 Å². The van der Waals surface area contributed by atoms with Crippen molar-refractivity contribution >= 4 is 0 Å². The van der Waals surface area contributed by atoms with Gasteiger partial charge >= 0.3 is 0 Å². The van der Waals surface area contributed by atoms with Gasteiger partial charge in [-0.1, -0.05) is 0 Å². The van der Waals surface area contributed by atoms with Crippen LogP contribution in [0, 0.1) is 5.82 Å². The van der Waals surface area contributed by atoms with Gasteiger partial charge in [0.25, 0.3) is 0 Å². The second-order valence-corrected chi connectivity index (χ2v) is 5.83. The smallest absolute Gasteiger partial charge is 0.123 e. The minimum absolute atomic E-state index is 0.222. The maximum absolute atomic E-state index is 12.8. The van der Waals surface area contributed by atoms with Crippen molar-refractivity contribution in [3.8, 4) is 5.75 Å². The van der Waals surface area contributed by atoms with Crippen LogP contribution in [0.4, 0.5) is 4.39 Å². The van der Waals surface area contributed by atoms with Gasteiger partial charge in [0, 0.05) is 45.3 Å². The Morgan fingerprint density at radius 3 is 2.57 bits per heavy atom. The van der Waals surface area contributed by atoms with Crippen LogP contribution in [0.2, 0.25) is 0 Å². The maximum atomic E-state index is 12.8. The first-order valence-electron chi connectivity index (χ1n) is 7.87. The summed E-state index contributed by atoms with van der Waals surface area (Å²) in [5, 5.41) is 3.44. The molecule has 1 N–H and O–H groups in total. The Morgan fingerprint density at radius 1 is 1.14 bits per heavy atom. The molecule has 1 aromatic carbocycles. The summed E-state index contributed by atoms with van der Waals surface area (Å²) in [5.74, 6) is 0.520. The molecule has 0 spiro atoms. The highest BCUT2D eigenvalue weighted by molar-refractivity contribution is 5.21. The number of rotatable bonds is 5. The lowest BCUT2D eigenvalue weighted by molar-refractivity contribution is 0.0921. The summed E-state index contributed by atoms with van der Waals surface area (Å²) in [6.45, 7) is 8.45. The van der Waals surface area contributed by atoms with Crippen molar-refractivity contribution in [2.75, 3.05) is 52.4 Å². The van der Waals surface area contributed by atoms with Crippen molar-refractivity contribution in [3.63, 3.8) is 0 Å². The summed E-state index contributed by atoms with van der Waals surface area (Å²) in [6.07, 6.45) is 1.29. The molecule has 5 heteroatoms. The quantitative estimate of drug-likeness (QED) is 0.882. The largest absolute Gasteiger partial charge is 0.492 e. The summed E-state index contributed by atoms with van der Waals surface area (Å²) < 4.78 is 18.4. The van der Waals surface area contributed by atoms with Crippen molar-refractivity contribution in [2.24, 2.45) is 0 Å². The Labute approximate surface area is 125 Å². The fraction of sp³-hybridized carbons (Fsp3) is 0.625. The first-order valence-corrected chi connectivity index (χ1v) is 7.87. The predicted octanol–water partition coefficient (Wildman–Crippen LogP) is 1.18. The fourth-order valence-corrected chi connectivity index (χ4v) is 3.13. The molecule has 2 fully saturated rings. The molecule has 2 saturated heterocycles. The predicted molar refractivity (Wildman–Crippen MR) is 81.2 cm³/mol. The van der Waals surface area contributed by atoms with E-state index in [4.69, 9.17) is 4.74 Å². The van der Waals surface area contributed by atoms with Crippen LogP contribution in [-0.2, 0) is 0 Å². The third kappa shape index (κ3) is 4.15. The first kappa shape index (κ1) is 14.8. The van der Waals surface area contributed by atoms with E-state index in [-0.39, 0.29) is 5.82 Å². The van der Waals surface area contributed by atoms with Crippen LogP contribution in [0.25, 0.3) is 0 Å². The van der Waals surface area contributed by atoms with Gasteiger partial charge in [-0.2, -0.15) is 0 Å². The Morgan fingerprint density at radius 2 is 1.90 bits per heavy atom. The average Bonchev–Trinajstić information content (AvgIpc) is 3.04. The van der Waals surface area contributed by atoms with Crippen LogP contribution in [0.1, 0.15) is 6.42 Å². The van der Waals surface area contributed by atoms with Crippen molar-refractivity contribution in [2.45, 2.75) is 12.5 Å². The lowest BCUT2D eigenvalue weighted by Crippen LogP contribution is -2.51. The molecule has 1 atom stereocenters. The van der Waals surface area contributed by atoms with E-state index in [0.29, 0.717) is 6.61 Å². The number of piperazine rings is 1. The Kier molecular flexibility index (Phi) is 5.06. The molecule has 0 saturated carbocycles. The van der Waals surface area contributed by atoms with Crippen molar-refractivity contribution in [3.05, 3.63) is 30.1 Å². The summed E-state index contributed by atoms with van der Waals surface area (Å²) in [5.41, 5.74) is 0. The summed E-state index contributed by atoms with van der Waals surface area (Å²) in [7, 11) is 0. The van der Waals surface area contributed by atoms with Crippen molar-refractivity contribution in [1.29, 1.82) is 0 Å². The third-order valence-corrected chi connectivity index (χ3v) is 4.45. The van der Waals surface area contributed by atoms with Gasteiger partial charge in [-0.25, -0.2) is 4.39 Å². The Bertz CT molecular complexity index is 426. The normalized spacial score (nSPS) is 24.3. The third-order valence-electron chi connectivity index (χ3n) is 4.45. The number of benzene rings is 1. The van der Waals surface area contributed by atoms with Gasteiger partial charge in [0.05, 0.1) is 0 Å². The highest BCUT2D eigenvalue weighted by atomic mass is 19.1. The molecule has 4 nitrogen and oxygen atoms in total. The molecule has 0 bridgehead atoms. The standard InChI is InChI=1S/C16H24FN3O/c17-14-1-3-16(4-2-14)21-12-11-19-7-9-20(10-8-19)15-5-6-18-13-15/h1-4,15,18H,5-13H2. The molecule has 1 unspecified atom stereocenters. The lowest BCUT2D eigenvalue weighted by Gasteiger charge is -2.37. The average molecular weight is 293 g/mol. The van der Waals surface area contributed by atoms with E-state index in [1.54, 1.807) is 12.1 Å². The van der Waals surface area contributed by atoms with Crippen LogP contribution in [0.15, 0.2) is 24.3 Å². The van der Waals surface area contributed by atoms with Gasteiger partial charge in [-0.3, -0.25) is 9.80 Å². The van der Waals surface area contributed by atoms with E-state index in [2.05, 4.69) is 15.1 Å². The summed E-state index contributed by atoms with van der Waals surface area (Å²) in [4.78, 5) is 5.06. The highest BCUT2D eigenvalue weighted by Gasteiger charge is 2.25. The summed E-state index contributed by atoms with van der Waals surface area (Å²) in [6, 6.07) is 6.97. The zero-order chi connectivity index (χ0) is 14.5. The number of nitrogens with one attached hydrogen (secondary N) is 1. The van der Waals surface area contributed by atoms with Gasteiger partial charge in [0.2, 0.25) is 0 Å². The van der Waals surface area contributed by atoms with E-state index in [1.165, 1.54) is 18.6 Å². The minimum Gasteiger partial charge on any atom is -0.492 e. The zero-order valence-corrected chi connectivity index (χ0v) is 12.4. The molecule has 2 heterocycles. The molecule has 116 valence electrons. The van der Waals surface area contributed by atoms with E-state index < -0.39 is 0 Å². The van der Waals surface area contributed by atoms with Crippen LogP contribution in [0.5, 0.6) is 5.75 Å². The van der Waals surface area contributed by atoms with Gasteiger partial charge in [0.1, 0.15) is 18.2 Å². The molecule has 1 aromatic rings. The maximum Gasteiger partial charge on any atom is 0.123 e. The molecule has 0 aliphatic carbocycles. The number of halogens is 1. The van der Waals surface area contributed by atoms with E-state index in [9.17, 15) is 4.39 Å². The zero-order valence-electron chi connectivity index (χ0n) is 12.4. The van der Waals surface area contributed by atoms with Crippen LogP contribution in [-0.4, -0.2) is 68.3 Å². The number of hydrogen-bond acceptors (Lipinski definition) is 4. The van der Waals surface area contributed by atoms with Gasteiger partial charge in [-0.05, 0) is 37.2 Å². The fourth-order valence-electron chi connectivity index (χ4n) is 3.13. The first-order chi connectivity index (χ1) is 10.3.